The molecule has 2 saturated heterocycles. The van der Waals surface area contributed by atoms with E-state index in [-0.39, 0.29) is 6.42 Å². The molecule has 0 radical (unpaired) electrons. The first-order valence-corrected chi connectivity index (χ1v) is 12.4. The van der Waals surface area contributed by atoms with Crippen LogP contribution in [0.25, 0.3) is 11.1 Å². The smallest absolute Gasteiger partial charge is 0.184 e. The van der Waals surface area contributed by atoms with Crippen molar-refractivity contribution < 1.29 is 39.7 Å². The Bertz CT molecular complexity index is 992. The number of benzene rings is 2. The molecule has 2 fully saturated rings. The van der Waals surface area contributed by atoms with E-state index in [2.05, 4.69) is 5.32 Å². The van der Waals surface area contributed by atoms with E-state index in [4.69, 9.17) is 25.8 Å². The Hall–Kier alpha value is -1.63. The zero-order valence-corrected chi connectivity index (χ0v) is 21.0. The average molecular weight is 524 g/mol. The minimum atomic E-state index is -1.57. The summed E-state index contributed by atoms with van der Waals surface area (Å²) in [5, 5.41) is 55.0. The summed E-state index contributed by atoms with van der Waals surface area (Å²) in [6.07, 6.45) is -9.06. The van der Waals surface area contributed by atoms with Crippen LogP contribution in [0, 0.1) is 0 Å². The summed E-state index contributed by atoms with van der Waals surface area (Å²) in [4.78, 5) is 0. The van der Waals surface area contributed by atoms with Gasteiger partial charge in [0, 0.05) is 23.5 Å². The van der Waals surface area contributed by atoms with Gasteiger partial charge >= 0.3 is 0 Å². The van der Waals surface area contributed by atoms with Crippen molar-refractivity contribution in [2.75, 3.05) is 6.61 Å². The van der Waals surface area contributed by atoms with Crippen LogP contribution in [0.5, 0.6) is 0 Å². The fourth-order valence-corrected chi connectivity index (χ4v) is 4.89. The van der Waals surface area contributed by atoms with Gasteiger partial charge in [0.15, 0.2) is 12.6 Å². The lowest BCUT2D eigenvalue weighted by molar-refractivity contribution is -0.340. The first-order valence-electron chi connectivity index (χ1n) is 12.0. The number of nitrogens with one attached hydrogen (secondary N) is 1. The number of rotatable bonds is 7. The molecular weight excluding hydrogens is 490 g/mol. The van der Waals surface area contributed by atoms with Crippen LogP contribution in [0.1, 0.15) is 25.8 Å². The Morgan fingerprint density at radius 3 is 2.19 bits per heavy atom. The number of hydrogen-bond donors (Lipinski definition) is 6. The van der Waals surface area contributed by atoms with Gasteiger partial charge in [0.05, 0.1) is 18.8 Å². The molecule has 198 valence electrons. The van der Waals surface area contributed by atoms with Gasteiger partial charge in [0.25, 0.3) is 0 Å². The fraction of sp³-hybridized carbons (Fsp3) is 0.538. The van der Waals surface area contributed by atoms with Crippen LogP contribution in [0.15, 0.2) is 48.5 Å². The van der Waals surface area contributed by atoms with Crippen LogP contribution in [0.3, 0.4) is 0 Å². The van der Waals surface area contributed by atoms with Gasteiger partial charge in [0.1, 0.15) is 24.4 Å². The number of aliphatic hydroxyl groups excluding tert-OH is 5. The van der Waals surface area contributed by atoms with Crippen LogP contribution < -0.4 is 5.32 Å². The van der Waals surface area contributed by atoms with Crippen molar-refractivity contribution >= 4 is 11.6 Å². The third kappa shape index (κ3) is 5.92. The minimum absolute atomic E-state index is 0.205. The normalized spacial score (nSPS) is 37.1. The van der Waals surface area contributed by atoms with Crippen molar-refractivity contribution in [1.29, 1.82) is 0 Å². The molecule has 0 amide bonds. The van der Waals surface area contributed by atoms with Gasteiger partial charge in [-0.3, -0.25) is 0 Å². The van der Waals surface area contributed by atoms with Crippen LogP contribution in [0.2, 0.25) is 5.02 Å². The molecule has 9 nitrogen and oxygen atoms in total. The second-order valence-electron chi connectivity index (χ2n) is 9.72. The van der Waals surface area contributed by atoms with Crippen LogP contribution in [-0.2, 0) is 20.8 Å². The van der Waals surface area contributed by atoms with Gasteiger partial charge in [-0.1, -0.05) is 48.0 Å². The maximum Gasteiger partial charge on any atom is 0.184 e. The second kappa shape index (κ2) is 11.4. The highest BCUT2D eigenvalue weighted by Gasteiger charge is 2.49. The molecule has 4 rings (SSSR count). The van der Waals surface area contributed by atoms with Crippen molar-refractivity contribution in [3.63, 3.8) is 0 Å². The van der Waals surface area contributed by atoms with Crippen molar-refractivity contribution in [1.82, 2.24) is 5.32 Å². The van der Waals surface area contributed by atoms with Crippen molar-refractivity contribution in [2.24, 2.45) is 0 Å². The SMILES string of the molecule is C[C@@H]1O[C@@H](O[C@@H]2[C@@H](O)[C@H](O)[C@@H](CO)O[C@H]2O)C[C@](C)(NCc2ccc(-c3ccc(Cl)cc3)cc2)[C@@H]1O. The van der Waals surface area contributed by atoms with E-state index in [1.54, 1.807) is 6.92 Å². The predicted molar refractivity (Wildman–Crippen MR) is 132 cm³/mol. The van der Waals surface area contributed by atoms with Crippen LogP contribution in [0.4, 0.5) is 0 Å². The van der Waals surface area contributed by atoms with Crippen LogP contribution in [-0.4, -0.2) is 86.9 Å². The highest BCUT2D eigenvalue weighted by Crippen LogP contribution is 2.33. The van der Waals surface area contributed by atoms with Crippen LogP contribution >= 0.6 is 11.6 Å². The molecule has 10 heteroatoms. The van der Waals surface area contributed by atoms with Crippen molar-refractivity contribution in [3.8, 4) is 11.1 Å². The van der Waals surface area contributed by atoms with E-state index in [0.29, 0.717) is 11.6 Å². The number of halogens is 1. The van der Waals surface area contributed by atoms with E-state index in [1.807, 2.05) is 55.5 Å². The minimum Gasteiger partial charge on any atom is -0.394 e. The molecule has 0 aromatic heterocycles. The Kier molecular flexibility index (Phi) is 8.68. The molecule has 0 spiro atoms. The predicted octanol–water partition coefficient (Wildman–Crippen LogP) is 1.17. The lowest BCUT2D eigenvalue weighted by atomic mass is 9.84. The first kappa shape index (κ1) is 27.4. The van der Waals surface area contributed by atoms with E-state index in [9.17, 15) is 25.5 Å². The summed E-state index contributed by atoms with van der Waals surface area (Å²) in [5.41, 5.74) is 2.33. The highest BCUT2D eigenvalue weighted by atomic mass is 35.5. The zero-order valence-electron chi connectivity index (χ0n) is 20.2. The third-order valence-corrected chi connectivity index (χ3v) is 7.29. The van der Waals surface area contributed by atoms with E-state index >= 15 is 0 Å². The Labute approximate surface area is 215 Å². The molecule has 2 aromatic rings. The largest absolute Gasteiger partial charge is 0.394 e. The summed E-state index contributed by atoms with van der Waals surface area (Å²) in [7, 11) is 0. The monoisotopic (exact) mass is 523 g/mol. The molecule has 2 heterocycles. The first-order chi connectivity index (χ1) is 17.1. The van der Waals surface area contributed by atoms with E-state index in [1.165, 1.54) is 0 Å². The molecular formula is C26H34ClNO8. The highest BCUT2D eigenvalue weighted by molar-refractivity contribution is 6.30. The van der Waals surface area contributed by atoms with Gasteiger partial charge in [-0.2, -0.15) is 0 Å². The summed E-state index contributed by atoms with van der Waals surface area (Å²) < 4.78 is 16.8. The van der Waals surface area contributed by atoms with Gasteiger partial charge in [-0.15, -0.1) is 0 Å². The Balaban J connectivity index is 1.40. The summed E-state index contributed by atoms with van der Waals surface area (Å²) in [6, 6.07) is 15.7. The lowest BCUT2D eigenvalue weighted by Crippen LogP contribution is -2.64. The topological polar surface area (TPSA) is 141 Å². The van der Waals surface area contributed by atoms with E-state index in [0.717, 1.165) is 16.7 Å². The summed E-state index contributed by atoms with van der Waals surface area (Å²) >= 11 is 5.97. The molecule has 2 aliphatic heterocycles. The molecule has 0 unspecified atom stereocenters. The Morgan fingerprint density at radius 2 is 1.58 bits per heavy atom. The molecule has 2 aromatic carbocycles. The van der Waals surface area contributed by atoms with Gasteiger partial charge in [0.2, 0.25) is 0 Å². The standard InChI is InChI=1S/C26H34ClNO8/c1-14-24(32)26(2,11-20(34-14)36-23-22(31)21(30)19(13-29)35-25(23)33)28-12-15-3-5-16(6-4-15)17-7-9-18(27)10-8-17/h3-10,14,19-25,28-33H,11-13H2,1-2H3/t14-,19+,20-,21+,22-,23+,24+,25+,26-/m0/s1. The molecule has 2 aliphatic rings. The second-order valence-corrected chi connectivity index (χ2v) is 10.2. The van der Waals surface area contributed by atoms with Gasteiger partial charge in [-0.25, -0.2) is 0 Å². The van der Waals surface area contributed by atoms with Crippen molar-refractivity contribution in [3.05, 3.63) is 59.1 Å². The third-order valence-electron chi connectivity index (χ3n) is 7.03. The fourth-order valence-electron chi connectivity index (χ4n) is 4.76. The number of aliphatic hydroxyl groups is 5. The molecule has 0 bridgehead atoms. The zero-order chi connectivity index (χ0) is 26.0. The summed E-state index contributed by atoms with van der Waals surface area (Å²) in [5.74, 6) is 0. The Morgan fingerprint density at radius 1 is 0.972 bits per heavy atom. The summed E-state index contributed by atoms with van der Waals surface area (Å²) in [6.45, 7) is 3.48. The van der Waals surface area contributed by atoms with E-state index < -0.39 is 61.3 Å². The number of ether oxygens (including phenoxy) is 3. The molecule has 6 N–H and O–H groups in total. The van der Waals surface area contributed by atoms with Gasteiger partial charge in [-0.05, 0) is 42.7 Å². The molecule has 9 atom stereocenters. The maximum absolute atomic E-state index is 10.9. The lowest BCUT2D eigenvalue weighted by Gasteiger charge is -2.48. The number of hydrogen-bond acceptors (Lipinski definition) is 9. The molecule has 0 aliphatic carbocycles. The molecule has 0 saturated carbocycles. The average Bonchev–Trinajstić information content (AvgIpc) is 2.87. The maximum atomic E-state index is 10.9. The van der Waals surface area contributed by atoms with Crippen molar-refractivity contribution in [2.45, 2.75) is 81.6 Å². The quantitative estimate of drug-likeness (QED) is 0.315. The van der Waals surface area contributed by atoms with Gasteiger partial charge < -0.3 is 45.1 Å². The molecule has 36 heavy (non-hydrogen) atoms.